The fraction of sp³-hybridized carbons (Fsp3) is 0.211. The lowest BCUT2D eigenvalue weighted by Gasteiger charge is -2.10. The van der Waals surface area contributed by atoms with Crippen LogP contribution in [0.25, 0.3) is 10.9 Å². The third-order valence-electron chi connectivity index (χ3n) is 3.90. The second-order valence-electron chi connectivity index (χ2n) is 5.62. The zero-order valence-corrected chi connectivity index (χ0v) is 14.0. The van der Waals surface area contributed by atoms with Gasteiger partial charge in [-0.1, -0.05) is 12.1 Å². The highest BCUT2D eigenvalue weighted by atomic mass is 16.5. The van der Waals surface area contributed by atoms with Crippen molar-refractivity contribution >= 4 is 22.5 Å². The molecule has 0 atom stereocenters. The molecule has 0 saturated heterocycles. The first-order valence-electron chi connectivity index (χ1n) is 7.68. The standard InChI is InChI=1S/C19H20N2O3/c1-13-5-4-6-14(9-13)20-19(22)12-21-8-7-16-17(21)10-15(23-2)11-18(16)24-3/h4-11H,12H2,1-3H3,(H,20,22). The Morgan fingerprint density at radius 3 is 2.67 bits per heavy atom. The SMILES string of the molecule is COc1cc(OC)c2ccn(CC(=O)Nc3cccc(C)c3)c2c1. The molecule has 1 N–H and O–H groups in total. The van der Waals surface area contributed by atoms with Crippen molar-refractivity contribution in [2.45, 2.75) is 13.5 Å². The smallest absolute Gasteiger partial charge is 0.244 e. The van der Waals surface area contributed by atoms with Crippen molar-refractivity contribution in [3.8, 4) is 11.5 Å². The van der Waals surface area contributed by atoms with E-state index < -0.39 is 0 Å². The van der Waals surface area contributed by atoms with Crippen molar-refractivity contribution < 1.29 is 14.3 Å². The molecular formula is C19H20N2O3. The normalized spacial score (nSPS) is 10.6. The van der Waals surface area contributed by atoms with Crippen LogP contribution in [-0.2, 0) is 11.3 Å². The van der Waals surface area contributed by atoms with Crippen molar-refractivity contribution in [3.63, 3.8) is 0 Å². The Hall–Kier alpha value is -2.95. The quantitative estimate of drug-likeness (QED) is 0.780. The molecule has 3 aromatic rings. The van der Waals surface area contributed by atoms with Crippen molar-refractivity contribution in [3.05, 3.63) is 54.2 Å². The topological polar surface area (TPSA) is 52.5 Å². The number of aromatic nitrogens is 1. The molecule has 0 spiro atoms. The molecule has 0 aliphatic carbocycles. The average Bonchev–Trinajstić information content (AvgIpc) is 2.96. The molecule has 24 heavy (non-hydrogen) atoms. The first-order chi connectivity index (χ1) is 11.6. The maximum atomic E-state index is 12.3. The fourth-order valence-electron chi connectivity index (χ4n) is 2.74. The van der Waals surface area contributed by atoms with Crippen LogP contribution in [0.3, 0.4) is 0 Å². The summed E-state index contributed by atoms with van der Waals surface area (Å²) in [6.07, 6.45) is 1.88. The van der Waals surface area contributed by atoms with Crippen LogP contribution in [0.15, 0.2) is 48.7 Å². The largest absolute Gasteiger partial charge is 0.497 e. The molecule has 0 bridgehead atoms. The molecule has 0 unspecified atom stereocenters. The summed E-state index contributed by atoms with van der Waals surface area (Å²) in [5.74, 6) is 1.33. The predicted molar refractivity (Wildman–Crippen MR) is 94.9 cm³/mol. The highest BCUT2D eigenvalue weighted by molar-refractivity contribution is 5.93. The number of nitrogens with zero attached hydrogens (tertiary/aromatic N) is 1. The van der Waals surface area contributed by atoms with Crippen molar-refractivity contribution in [2.24, 2.45) is 0 Å². The van der Waals surface area contributed by atoms with Gasteiger partial charge in [-0.3, -0.25) is 4.79 Å². The van der Waals surface area contributed by atoms with Gasteiger partial charge in [0.1, 0.15) is 18.0 Å². The van der Waals surface area contributed by atoms with Crippen LogP contribution in [0.2, 0.25) is 0 Å². The number of benzene rings is 2. The molecule has 1 amide bonds. The first-order valence-corrected chi connectivity index (χ1v) is 7.68. The summed E-state index contributed by atoms with van der Waals surface area (Å²) in [4.78, 5) is 12.3. The lowest BCUT2D eigenvalue weighted by atomic mass is 10.2. The highest BCUT2D eigenvalue weighted by Crippen LogP contribution is 2.31. The Balaban J connectivity index is 1.85. The van der Waals surface area contributed by atoms with E-state index in [1.807, 2.05) is 60.2 Å². The van der Waals surface area contributed by atoms with Gasteiger partial charge < -0.3 is 19.4 Å². The number of nitrogens with one attached hydrogen (secondary N) is 1. The van der Waals surface area contributed by atoms with Gasteiger partial charge in [0.25, 0.3) is 0 Å². The Kier molecular flexibility index (Phi) is 4.42. The number of rotatable bonds is 5. The van der Waals surface area contributed by atoms with Crippen molar-refractivity contribution in [1.82, 2.24) is 4.57 Å². The van der Waals surface area contributed by atoms with E-state index in [2.05, 4.69) is 5.32 Å². The number of fused-ring (bicyclic) bond motifs is 1. The molecular weight excluding hydrogens is 304 g/mol. The van der Waals surface area contributed by atoms with E-state index in [0.29, 0.717) is 5.75 Å². The molecule has 0 fully saturated rings. The summed E-state index contributed by atoms with van der Waals surface area (Å²) in [5, 5.41) is 3.87. The van der Waals surface area contributed by atoms with E-state index in [1.54, 1.807) is 14.2 Å². The van der Waals surface area contributed by atoms with Crippen LogP contribution in [0.5, 0.6) is 11.5 Å². The summed E-state index contributed by atoms with van der Waals surface area (Å²) in [7, 11) is 3.23. The number of anilines is 1. The zero-order valence-electron chi connectivity index (χ0n) is 14.0. The third-order valence-corrected chi connectivity index (χ3v) is 3.90. The van der Waals surface area contributed by atoms with Gasteiger partial charge in [-0.2, -0.15) is 0 Å². The molecule has 0 radical (unpaired) electrons. The number of amides is 1. The predicted octanol–water partition coefficient (Wildman–Crippen LogP) is 3.61. The summed E-state index contributed by atoms with van der Waals surface area (Å²) in [5.41, 5.74) is 2.80. The summed E-state index contributed by atoms with van der Waals surface area (Å²) < 4.78 is 12.6. The molecule has 2 aromatic carbocycles. The van der Waals surface area contributed by atoms with E-state index in [4.69, 9.17) is 9.47 Å². The van der Waals surface area contributed by atoms with E-state index in [0.717, 1.165) is 27.9 Å². The second-order valence-corrected chi connectivity index (χ2v) is 5.62. The number of ether oxygens (including phenoxy) is 2. The van der Waals surface area contributed by atoms with Gasteiger partial charge >= 0.3 is 0 Å². The van der Waals surface area contributed by atoms with Crippen LogP contribution in [-0.4, -0.2) is 24.7 Å². The number of aryl methyl sites for hydroxylation is 1. The Bertz CT molecular complexity index is 883. The molecule has 124 valence electrons. The summed E-state index contributed by atoms with van der Waals surface area (Å²) >= 11 is 0. The van der Waals surface area contributed by atoms with Gasteiger partial charge in [-0.05, 0) is 30.7 Å². The molecule has 0 saturated carbocycles. The van der Waals surface area contributed by atoms with E-state index in [9.17, 15) is 4.79 Å². The van der Waals surface area contributed by atoms with Gasteiger partial charge in [0, 0.05) is 29.4 Å². The number of hydrogen-bond donors (Lipinski definition) is 1. The number of carbonyl (C=O) groups is 1. The van der Waals surface area contributed by atoms with Crippen LogP contribution < -0.4 is 14.8 Å². The zero-order chi connectivity index (χ0) is 17.1. The minimum absolute atomic E-state index is 0.0834. The minimum Gasteiger partial charge on any atom is -0.497 e. The van der Waals surface area contributed by atoms with Crippen LogP contribution in [0, 0.1) is 6.92 Å². The molecule has 5 nitrogen and oxygen atoms in total. The maximum absolute atomic E-state index is 12.3. The van der Waals surface area contributed by atoms with Gasteiger partial charge in [0.15, 0.2) is 0 Å². The Labute approximate surface area is 140 Å². The molecule has 0 aliphatic rings. The van der Waals surface area contributed by atoms with Gasteiger partial charge in [0.2, 0.25) is 5.91 Å². The molecule has 1 aromatic heterocycles. The second kappa shape index (κ2) is 6.66. The monoisotopic (exact) mass is 324 g/mol. The summed E-state index contributed by atoms with van der Waals surface area (Å²) in [6, 6.07) is 13.4. The number of methoxy groups -OCH3 is 2. The van der Waals surface area contributed by atoms with Gasteiger partial charge in [0.05, 0.1) is 19.7 Å². The van der Waals surface area contributed by atoms with Crippen LogP contribution in [0.1, 0.15) is 5.56 Å². The van der Waals surface area contributed by atoms with Crippen molar-refractivity contribution in [2.75, 3.05) is 19.5 Å². The molecule has 1 heterocycles. The maximum Gasteiger partial charge on any atom is 0.244 e. The first kappa shape index (κ1) is 15.9. The highest BCUT2D eigenvalue weighted by Gasteiger charge is 2.12. The minimum atomic E-state index is -0.0834. The Morgan fingerprint density at radius 1 is 1.12 bits per heavy atom. The van der Waals surface area contributed by atoms with Crippen LogP contribution >= 0.6 is 0 Å². The lowest BCUT2D eigenvalue weighted by molar-refractivity contribution is -0.116. The van der Waals surface area contributed by atoms with Crippen molar-refractivity contribution in [1.29, 1.82) is 0 Å². The fourth-order valence-corrected chi connectivity index (χ4v) is 2.74. The van der Waals surface area contributed by atoms with E-state index >= 15 is 0 Å². The third kappa shape index (κ3) is 3.20. The van der Waals surface area contributed by atoms with E-state index in [1.165, 1.54) is 0 Å². The van der Waals surface area contributed by atoms with Gasteiger partial charge in [-0.15, -0.1) is 0 Å². The molecule has 0 aliphatic heterocycles. The average molecular weight is 324 g/mol. The lowest BCUT2D eigenvalue weighted by Crippen LogP contribution is -2.18. The summed E-state index contributed by atoms with van der Waals surface area (Å²) in [6.45, 7) is 2.21. The molecule has 3 rings (SSSR count). The van der Waals surface area contributed by atoms with E-state index in [-0.39, 0.29) is 12.5 Å². The number of carbonyl (C=O) groups excluding carboxylic acids is 1. The molecule has 5 heteroatoms. The van der Waals surface area contributed by atoms with Gasteiger partial charge in [-0.25, -0.2) is 0 Å². The number of hydrogen-bond acceptors (Lipinski definition) is 3. The Morgan fingerprint density at radius 2 is 1.96 bits per heavy atom. The van der Waals surface area contributed by atoms with Crippen LogP contribution in [0.4, 0.5) is 5.69 Å².